The Balaban J connectivity index is 2.25. The van der Waals surface area contributed by atoms with E-state index in [1.807, 2.05) is 24.3 Å². The molecule has 1 aromatic heterocycles. The van der Waals surface area contributed by atoms with Crippen LogP contribution in [0, 0.1) is 0 Å². The number of aromatic nitrogens is 1. The summed E-state index contributed by atoms with van der Waals surface area (Å²) in [6, 6.07) is 7.49. The van der Waals surface area contributed by atoms with E-state index in [2.05, 4.69) is 19.9 Å². The van der Waals surface area contributed by atoms with E-state index in [4.69, 9.17) is 21.9 Å². The van der Waals surface area contributed by atoms with Gasteiger partial charge in [0, 0.05) is 23.4 Å². The highest BCUT2D eigenvalue weighted by molar-refractivity contribution is 6.33. The maximum absolute atomic E-state index is 8.84. The molecule has 0 amide bonds. The Hall–Kier alpha value is -2.01. The van der Waals surface area contributed by atoms with E-state index in [-0.39, 0.29) is 0 Å². The van der Waals surface area contributed by atoms with Crippen LogP contribution >= 0.6 is 11.6 Å². The minimum atomic E-state index is 0.355. The van der Waals surface area contributed by atoms with E-state index in [1.54, 1.807) is 0 Å². The molecule has 1 saturated heterocycles. The van der Waals surface area contributed by atoms with Crippen molar-refractivity contribution in [1.29, 1.82) is 0 Å². The first-order valence-electron chi connectivity index (χ1n) is 6.27. The van der Waals surface area contributed by atoms with Crippen LogP contribution in [0.4, 0.5) is 11.4 Å². The molecular weight excluding hydrogens is 278 g/mol. The summed E-state index contributed by atoms with van der Waals surface area (Å²) in [6.07, 6.45) is 0. The fourth-order valence-electron chi connectivity index (χ4n) is 2.37. The topological polar surface area (TPSA) is 74.1 Å². The van der Waals surface area contributed by atoms with Crippen LogP contribution in [-0.2, 0) is 4.74 Å². The number of azide groups is 1. The van der Waals surface area contributed by atoms with Crippen LogP contribution in [0.15, 0.2) is 29.4 Å². The number of fused-ring (bicyclic) bond motifs is 1. The molecule has 0 saturated carbocycles. The predicted molar refractivity (Wildman–Crippen MR) is 78.6 cm³/mol. The molecule has 0 spiro atoms. The number of anilines is 1. The van der Waals surface area contributed by atoms with Gasteiger partial charge in [-0.15, -0.1) is 0 Å². The first kappa shape index (κ1) is 13.0. The van der Waals surface area contributed by atoms with E-state index < -0.39 is 0 Å². The molecule has 2 aromatic rings. The number of hydrogen-bond acceptors (Lipinski definition) is 4. The molecule has 0 bridgehead atoms. The van der Waals surface area contributed by atoms with Crippen LogP contribution in [0.3, 0.4) is 0 Å². The molecule has 2 heterocycles. The number of hydrogen-bond donors (Lipinski definition) is 0. The molecule has 1 aromatic carbocycles. The summed E-state index contributed by atoms with van der Waals surface area (Å²) >= 11 is 6.30. The summed E-state index contributed by atoms with van der Waals surface area (Å²) in [7, 11) is 0. The average molecular weight is 290 g/mol. The molecule has 20 heavy (non-hydrogen) atoms. The minimum absolute atomic E-state index is 0.355. The Kier molecular flexibility index (Phi) is 3.60. The van der Waals surface area contributed by atoms with Gasteiger partial charge in [-0.3, -0.25) is 0 Å². The van der Waals surface area contributed by atoms with Crippen molar-refractivity contribution < 1.29 is 4.74 Å². The van der Waals surface area contributed by atoms with Crippen molar-refractivity contribution in [1.82, 2.24) is 4.98 Å². The smallest absolute Gasteiger partial charge is 0.153 e. The van der Waals surface area contributed by atoms with Crippen LogP contribution in [0.2, 0.25) is 5.15 Å². The number of ether oxygens (including phenoxy) is 1. The second kappa shape index (κ2) is 5.54. The van der Waals surface area contributed by atoms with E-state index in [0.29, 0.717) is 42.8 Å². The van der Waals surface area contributed by atoms with Gasteiger partial charge in [0.05, 0.1) is 30.1 Å². The molecule has 0 radical (unpaired) electrons. The lowest BCUT2D eigenvalue weighted by molar-refractivity contribution is 0.123. The fraction of sp³-hybridized carbons (Fsp3) is 0.308. The lowest BCUT2D eigenvalue weighted by atomic mass is 10.1. The number of para-hydroxylation sites is 1. The molecule has 3 rings (SSSR count). The van der Waals surface area contributed by atoms with Crippen molar-refractivity contribution >= 4 is 33.9 Å². The number of benzene rings is 1. The van der Waals surface area contributed by atoms with Crippen LogP contribution in [0.25, 0.3) is 21.3 Å². The molecule has 0 aliphatic carbocycles. The normalized spacial score (nSPS) is 15.2. The quantitative estimate of drug-likeness (QED) is 0.366. The molecule has 1 aliphatic rings. The number of pyridine rings is 1. The van der Waals surface area contributed by atoms with Crippen molar-refractivity contribution in [3.8, 4) is 0 Å². The second-order valence-electron chi connectivity index (χ2n) is 4.41. The number of morpholine rings is 1. The number of rotatable bonds is 2. The third-order valence-corrected chi connectivity index (χ3v) is 3.53. The Labute approximate surface area is 120 Å². The van der Waals surface area contributed by atoms with Crippen LogP contribution in [-0.4, -0.2) is 31.3 Å². The standard InChI is InChI=1S/C13H12ClN5O/c14-13-12(19-5-7-20-8-6-19)11(17-18-15)9-3-1-2-4-10(9)16-13/h1-4H,5-8H2. The fourth-order valence-corrected chi connectivity index (χ4v) is 2.67. The van der Waals surface area contributed by atoms with Crippen LogP contribution in [0.5, 0.6) is 0 Å². The number of halogens is 1. The summed E-state index contributed by atoms with van der Waals surface area (Å²) < 4.78 is 5.34. The zero-order chi connectivity index (χ0) is 13.9. The largest absolute Gasteiger partial charge is 0.378 e. The molecule has 1 aliphatic heterocycles. The maximum Gasteiger partial charge on any atom is 0.153 e. The monoisotopic (exact) mass is 289 g/mol. The van der Waals surface area contributed by atoms with Gasteiger partial charge in [0.1, 0.15) is 0 Å². The summed E-state index contributed by atoms with van der Waals surface area (Å²) in [6.45, 7) is 2.65. The zero-order valence-electron chi connectivity index (χ0n) is 10.7. The van der Waals surface area contributed by atoms with Gasteiger partial charge in [0.25, 0.3) is 0 Å². The zero-order valence-corrected chi connectivity index (χ0v) is 11.4. The van der Waals surface area contributed by atoms with E-state index in [0.717, 1.165) is 10.9 Å². The SMILES string of the molecule is [N-]=[N+]=Nc1c(N2CCOCC2)c(Cl)nc2ccccc12. The highest BCUT2D eigenvalue weighted by Crippen LogP contribution is 2.40. The Morgan fingerprint density at radius 3 is 2.80 bits per heavy atom. The second-order valence-corrected chi connectivity index (χ2v) is 4.76. The van der Waals surface area contributed by atoms with E-state index >= 15 is 0 Å². The Morgan fingerprint density at radius 2 is 2.05 bits per heavy atom. The van der Waals surface area contributed by atoms with E-state index in [9.17, 15) is 0 Å². The van der Waals surface area contributed by atoms with Crippen molar-refractivity contribution in [2.45, 2.75) is 0 Å². The molecule has 102 valence electrons. The minimum Gasteiger partial charge on any atom is -0.378 e. The Bertz CT molecular complexity index is 692. The molecule has 7 heteroatoms. The van der Waals surface area contributed by atoms with E-state index in [1.165, 1.54) is 0 Å². The van der Waals surface area contributed by atoms with Crippen molar-refractivity contribution in [2.75, 3.05) is 31.2 Å². The van der Waals surface area contributed by atoms with Gasteiger partial charge in [-0.25, -0.2) is 4.98 Å². The third-order valence-electron chi connectivity index (χ3n) is 3.27. The van der Waals surface area contributed by atoms with Crippen molar-refractivity contribution in [3.63, 3.8) is 0 Å². The average Bonchev–Trinajstić information content (AvgIpc) is 2.48. The summed E-state index contributed by atoms with van der Waals surface area (Å²) in [5.41, 5.74) is 10.8. The van der Waals surface area contributed by atoms with Gasteiger partial charge in [0.15, 0.2) is 5.15 Å². The molecular formula is C13H12ClN5O. The molecule has 0 atom stereocenters. The van der Waals surface area contributed by atoms with Crippen LogP contribution in [0.1, 0.15) is 0 Å². The first-order valence-corrected chi connectivity index (χ1v) is 6.65. The summed E-state index contributed by atoms with van der Waals surface area (Å²) in [5, 5.41) is 5.00. The first-order chi connectivity index (χ1) is 9.81. The highest BCUT2D eigenvalue weighted by Gasteiger charge is 2.20. The third kappa shape index (κ3) is 2.25. The highest BCUT2D eigenvalue weighted by atomic mass is 35.5. The predicted octanol–water partition coefficient (Wildman–Crippen LogP) is 3.67. The van der Waals surface area contributed by atoms with Gasteiger partial charge >= 0.3 is 0 Å². The molecule has 0 N–H and O–H groups in total. The van der Waals surface area contributed by atoms with Crippen LogP contribution < -0.4 is 4.90 Å². The van der Waals surface area contributed by atoms with Gasteiger partial charge in [-0.2, -0.15) is 0 Å². The van der Waals surface area contributed by atoms with Crippen molar-refractivity contribution in [3.05, 3.63) is 39.9 Å². The molecule has 0 unspecified atom stereocenters. The van der Waals surface area contributed by atoms with Gasteiger partial charge in [0.2, 0.25) is 0 Å². The van der Waals surface area contributed by atoms with Gasteiger partial charge in [-0.1, -0.05) is 34.9 Å². The van der Waals surface area contributed by atoms with Crippen molar-refractivity contribution in [2.24, 2.45) is 5.11 Å². The Morgan fingerprint density at radius 1 is 1.30 bits per heavy atom. The lowest BCUT2D eigenvalue weighted by Crippen LogP contribution is -2.36. The van der Waals surface area contributed by atoms with Gasteiger partial charge in [-0.05, 0) is 11.6 Å². The lowest BCUT2D eigenvalue weighted by Gasteiger charge is -2.30. The molecule has 6 nitrogen and oxygen atoms in total. The summed E-state index contributed by atoms with van der Waals surface area (Å²) in [4.78, 5) is 9.38. The van der Waals surface area contributed by atoms with Gasteiger partial charge < -0.3 is 9.64 Å². The molecule has 1 fully saturated rings. The summed E-state index contributed by atoms with van der Waals surface area (Å²) in [5.74, 6) is 0. The number of nitrogens with zero attached hydrogens (tertiary/aromatic N) is 5. The maximum atomic E-state index is 8.84.